The Bertz CT molecular complexity index is 2810. The van der Waals surface area contributed by atoms with E-state index in [2.05, 4.69) is 9.44 Å². The van der Waals surface area contributed by atoms with Crippen LogP contribution in [0.5, 0.6) is 0 Å². The molecule has 2 atom stereocenters. The molecular weight excluding hydrogens is 957 g/mol. The SMILES string of the molecule is Cc1ccc(S(=O)(=O)N[C@H](COCc2ccccc2)CN(CCCN(C[C@@H](COCc2ccccc2)NS(=O)(=O)c2ccc(C)cc2)S(=O)(=O)c2ccc(C)cc2)S(=O)(=O)c2ccc(C)cc2)cc1. The molecule has 0 aliphatic carbocycles. The van der Waals surface area contributed by atoms with Gasteiger partial charge in [0.25, 0.3) is 0 Å². The van der Waals surface area contributed by atoms with Crippen LogP contribution in [0.25, 0.3) is 0 Å². The molecule has 0 bridgehead atoms. The molecule has 368 valence electrons. The number of rotatable bonds is 26. The van der Waals surface area contributed by atoms with Crippen LogP contribution in [0.15, 0.2) is 177 Å². The van der Waals surface area contributed by atoms with Crippen molar-refractivity contribution in [3.8, 4) is 0 Å². The van der Waals surface area contributed by atoms with Gasteiger partial charge in [0.05, 0.1) is 58.1 Å². The fourth-order valence-electron chi connectivity index (χ4n) is 7.30. The Morgan fingerprint density at radius 2 is 0.696 bits per heavy atom. The molecule has 0 fully saturated rings. The molecule has 14 nitrogen and oxygen atoms in total. The molecule has 0 heterocycles. The average molecular weight is 1020 g/mol. The highest BCUT2D eigenvalue weighted by atomic mass is 32.2. The van der Waals surface area contributed by atoms with Crippen molar-refractivity contribution in [3.05, 3.63) is 191 Å². The van der Waals surface area contributed by atoms with Crippen LogP contribution < -0.4 is 9.44 Å². The van der Waals surface area contributed by atoms with Gasteiger partial charge in [-0.25, -0.2) is 43.1 Å². The second kappa shape index (κ2) is 24.1. The van der Waals surface area contributed by atoms with Crippen molar-refractivity contribution in [2.24, 2.45) is 0 Å². The summed E-state index contributed by atoms with van der Waals surface area (Å²) in [6, 6.07) is 41.2. The zero-order valence-electron chi connectivity index (χ0n) is 39.1. The molecule has 0 unspecified atom stereocenters. The molecule has 6 aromatic carbocycles. The van der Waals surface area contributed by atoms with Crippen LogP contribution in [0, 0.1) is 27.7 Å². The maximum atomic E-state index is 14.7. The molecule has 6 rings (SSSR count). The number of nitrogens with one attached hydrogen (secondary N) is 2. The van der Waals surface area contributed by atoms with Gasteiger partial charge in [-0.15, -0.1) is 0 Å². The van der Waals surface area contributed by atoms with Crippen LogP contribution in [0.2, 0.25) is 0 Å². The highest BCUT2D eigenvalue weighted by Crippen LogP contribution is 2.22. The highest BCUT2D eigenvalue weighted by molar-refractivity contribution is 7.90. The van der Waals surface area contributed by atoms with E-state index in [4.69, 9.17) is 9.47 Å². The van der Waals surface area contributed by atoms with E-state index in [1.54, 1.807) is 48.5 Å². The van der Waals surface area contributed by atoms with Crippen molar-refractivity contribution in [1.82, 2.24) is 18.1 Å². The lowest BCUT2D eigenvalue weighted by molar-refractivity contribution is 0.0971. The molecule has 18 heteroatoms. The molecule has 0 aliphatic rings. The first kappa shape index (κ1) is 53.2. The molecular formula is C51H60N4O10S4. The lowest BCUT2D eigenvalue weighted by Gasteiger charge is -2.30. The third-order valence-corrected chi connectivity index (χ3v) is 18.0. The largest absolute Gasteiger partial charge is 0.375 e. The summed E-state index contributed by atoms with van der Waals surface area (Å²) in [5.41, 5.74) is 4.97. The van der Waals surface area contributed by atoms with Gasteiger partial charge in [0.15, 0.2) is 0 Å². The quantitative estimate of drug-likeness (QED) is 0.0567. The number of nitrogens with zero attached hydrogens (tertiary/aromatic N) is 2. The molecule has 0 aliphatic heterocycles. The van der Waals surface area contributed by atoms with E-state index in [9.17, 15) is 33.7 Å². The van der Waals surface area contributed by atoms with Crippen LogP contribution in [-0.2, 0) is 62.8 Å². The Labute approximate surface area is 408 Å². The Hall–Kier alpha value is -5.12. The second-order valence-corrected chi connectivity index (χ2v) is 24.3. The van der Waals surface area contributed by atoms with E-state index in [1.807, 2.05) is 88.4 Å². The van der Waals surface area contributed by atoms with Crippen molar-refractivity contribution < 1.29 is 43.1 Å². The number of sulfonamides is 4. The second-order valence-electron chi connectivity index (χ2n) is 17.0. The summed E-state index contributed by atoms with van der Waals surface area (Å²) in [6.45, 7) is 5.73. The third-order valence-electron chi connectivity index (χ3n) is 11.1. The fraction of sp³-hybridized carbons (Fsp3) is 0.294. The van der Waals surface area contributed by atoms with Gasteiger partial charge in [0.1, 0.15) is 0 Å². The van der Waals surface area contributed by atoms with Gasteiger partial charge in [-0.2, -0.15) is 8.61 Å². The normalized spacial score (nSPS) is 13.4. The van der Waals surface area contributed by atoms with Gasteiger partial charge in [-0.3, -0.25) is 0 Å². The van der Waals surface area contributed by atoms with Gasteiger partial charge < -0.3 is 9.47 Å². The first-order chi connectivity index (χ1) is 32.8. The maximum absolute atomic E-state index is 14.7. The average Bonchev–Trinajstić information content (AvgIpc) is 3.31. The molecule has 0 amide bonds. The standard InChI is InChI=1S/C51H60N4O10S4/c1-40-16-24-48(25-17-40)66(56,57)52-46(38-64-36-44-12-7-5-8-13-44)34-54(68(60,61)50-28-20-42(3)21-29-50)32-11-33-55(69(62,63)51-30-22-43(4)23-31-51)35-47(39-65-37-45-14-9-6-10-15-45)53-67(58,59)49-26-18-41(2)19-27-49/h5-10,12-31,46-47,52-53H,11,32-39H2,1-4H3/t46-,47-/m0/s1. The minimum absolute atomic E-state index is 0.0219. The Balaban J connectivity index is 1.33. The van der Waals surface area contributed by atoms with Crippen LogP contribution in [0.1, 0.15) is 39.8 Å². The van der Waals surface area contributed by atoms with E-state index in [0.29, 0.717) is 0 Å². The predicted molar refractivity (Wildman–Crippen MR) is 267 cm³/mol. The van der Waals surface area contributed by atoms with Crippen molar-refractivity contribution >= 4 is 40.1 Å². The lowest BCUT2D eigenvalue weighted by Crippen LogP contribution is -2.50. The van der Waals surface area contributed by atoms with Crippen molar-refractivity contribution in [1.29, 1.82) is 0 Å². The van der Waals surface area contributed by atoms with Gasteiger partial charge in [0.2, 0.25) is 40.1 Å². The fourth-order valence-corrected chi connectivity index (χ4v) is 12.8. The summed E-state index contributed by atoms with van der Waals surface area (Å²) >= 11 is 0. The first-order valence-corrected chi connectivity index (χ1v) is 28.2. The van der Waals surface area contributed by atoms with Gasteiger partial charge in [-0.1, -0.05) is 131 Å². The third kappa shape index (κ3) is 15.4. The Morgan fingerprint density at radius 1 is 0.406 bits per heavy atom. The van der Waals surface area contributed by atoms with Crippen LogP contribution in [-0.4, -0.2) is 93.8 Å². The van der Waals surface area contributed by atoms with E-state index in [-0.39, 0.29) is 65.5 Å². The van der Waals surface area contributed by atoms with Crippen molar-refractivity contribution in [3.63, 3.8) is 0 Å². The molecule has 0 spiro atoms. The summed E-state index contributed by atoms with van der Waals surface area (Å²) in [4.78, 5) is -0.148. The van der Waals surface area contributed by atoms with Crippen molar-refractivity contribution in [2.45, 2.75) is 79.0 Å². The topological polar surface area (TPSA) is 186 Å². The lowest BCUT2D eigenvalue weighted by atomic mass is 10.2. The number of ether oxygens (including phenoxy) is 2. The van der Waals surface area contributed by atoms with Crippen LogP contribution in [0.4, 0.5) is 0 Å². The van der Waals surface area contributed by atoms with Crippen LogP contribution >= 0.6 is 0 Å². The van der Waals surface area contributed by atoms with Crippen LogP contribution in [0.3, 0.4) is 0 Å². The van der Waals surface area contributed by atoms with Gasteiger partial charge in [-0.05, 0) is 93.8 Å². The molecule has 0 aromatic heterocycles. The zero-order chi connectivity index (χ0) is 49.7. The smallest absolute Gasteiger partial charge is 0.243 e. The number of aryl methyl sites for hydroxylation is 4. The molecule has 0 saturated heterocycles. The molecule has 69 heavy (non-hydrogen) atoms. The predicted octanol–water partition coefficient (Wildman–Crippen LogP) is 7.12. The van der Waals surface area contributed by atoms with Crippen molar-refractivity contribution in [2.75, 3.05) is 39.4 Å². The Morgan fingerprint density at radius 3 is 1.00 bits per heavy atom. The minimum Gasteiger partial charge on any atom is -0.375 e. The molecule has 0 saturated carbocycles. The van der Waals surface area contributed by atoms with Gasteiger partial charge >= 0.3 is 0 Å². The summed E-state index contributed by atoms with van der Waals surface area (Å²) in [5, 5.41) is 0. The number of benzene rings is 6. The summed E-state index contributed by atoms with van der Waals surface area (Å²) in [6.07, 6.45) is -0.0964. The number of hydrogen-bond donors (Lipinski definition) is 2. The molecule has 2 N–H and O–H groups in total. The van der Waals surface area contributed by atoms with Gasteiger partial charge in [0, 0.05) is 26.2 Å². The minimum atomic E-state index is -4.36. The summed E-state index contributed by atoms with van der Waals surface area (Å²) < 4.78 is 134. The van der Waals surface area contributed by atoms with E-state index in [1.165, 1.54) is 48.5 Å². The van der Waals surface area contributed by atoms with E-state index < -0.39 is 65.3 Å². The highest BCUT2D eigenvalue weighted by Gasteiger charge is 2.33. The van der Waals surface area contributed by atoms with E-state index >= 15 is 0 Å². The first-order valence-electron chi connectivity index (χ1n) is 22.4. The van der Waals surface area contributed by atoms with E-state index in [0.717, 1.165) is 42.0 Å². The Kier molecular flexibility index (Phi) is 18.6. The summed E-state index contributed by atoms with van der Waals surface area (Å²) in [7, 11) is -17.1. The monoisotopic (exact) mass is 1020 g/mol. The molecule has 6 aromatic rings. The zero-order valence-corrected chi connectivity index (χ0v) is 42.4. The molecule has 0 radical (unpaired) electrons. The summed E-state index contributed by atoms with van der Waals surface area (Å²) in [5.74, 6) is 0. The number of hydrogen-bond acceptors (Lipinski definition) is 10. The maximum Gasteiger partial charge on any atom is 0.243 e.